The molecular weight excluding hydrogens is 344 g/mol. The smallest absolute Gasteiger partial charge is 0.244 e. The largest absolute Gasteiger partial charge is 0.340 e. The lowest BCUT2D eigenvalue weighted by molar-refractivity contribution is -0.137. The Morgan fingerprint density at radius 3 is 2.25 bits per heavy atom. The zero-order valence-corrected chi connectivity index (χ0v) is 16.1. The summed E-state index contributed by atoms with van der Waals surface area (Å²) in [6, 6.07) is 1.76. The number of nitrogens with zero attached hydrogens (tertiary/aromatic N) is 2. The van der Waals surface area contributed by atoms with Crippen LogP contribution in [0.3, 0.4) is 0 Å². The molecule has 0 radical (unpaired) electrons. The van der Waals surface area contributed by atoms with Crippen molar-refractivity contribution in [3.8, 4) is 0 Å². The van der Waals surface area contributed by atoms with Gasteiger partial charge in [-0.1, -0.05) is 19.3 Å². The lowest BCUT2D eigenvalue weighted by atomic mass is 9.88. The van der Waals surface area contributed by atoms with Crippen molar-refractivity contribution in [2.75, 3.05) is 26.2 Å². The molecule has 5 nitrogen and oxygen atoms in total. The molecular formula is C17H26N2O3S2. The molecule has 0 N–H and O–H groups in total. The van der Waals surface area contributed by atoms with E-state index in [1.807, 2.05) is 18.7 Å². The summed E-state index contributed by atoms with van der Waals surface area (Å²) in [5, 5.41) is 0. The Labute approximate surface area is 148 Å². The van der Waals surface area contributed by atoms with Crippen LogP contribution in [0.15, 0.2) is 11.0 Å². The van der Waals surface area contributed by atoms with E-state index in [0.29, 0.717) is 31.1 Å². The van der Waals surface area contributed by atoms with Gasteiger partial charge in [-0.15, -0.1) is 11.3 Å². The third-order valence-electron chi connectivity index (χ3n) is 5.12. The fraction of sp³-hybridized carbons (Fsp3) is 0.706. The molecule has 2 aliphatic rings. The fourth-order valence-corrected chi connectivity index (χ4v) is 6.71. The van der Waals surface area contributed by atoms with Crippen molar-refractivity contribution in [3.63, 3.8) is 0 Å². The minimum atomic E-state index is -3.44. The standard InChI is InChI=1S/C17H26N2O3S2/c1-13-12-16(14(2)23-13)24(21,22)19-10-8-18(9-11-19)17(20)15-6-4-3-5-7-15/h12,15H,3-11H2,1-2H3. The van der Waals surface area contributed by atoms with Crippen molar-refractivity contribution >= 4 is 27.3 Å². The van der Waals surface area contributed by atoms with Gasteiger partial charge in [-0.3, -0.25) is 4.79 Å². The Hall–Kier alpha value is -0.920. The number of aryl methyl sites for hydroxylation is 2. The summed E-state index contributed by atoms with van der Waals surface area (Å²) in [6.45, 7) is 5.60. The highest BCUT2D eigenvalue weighted by molar-refractivity contribution is 7.89. The van der Waals surface area contributed by atoms with E-state index in [0.717, 1.165) is 35.4 Å². The maximum absolute atomic E-state index is 12.8. The second kappa shape index (κ2) is 7.14. The zero-order valence-electron chi connectivity index (χ0n) is 14.5. The molecule has 0 bridgehead atoms. The maximum Gasteiger partial charge on any atom is 0.244 e. The van der Waals surface area contributed by atoms with Crippen LogP contribution in [0, 0.1) is 19.8 Å². The molecule has 2 heterocycles. The number of hydrogen-bond donors (Lipinski definition) is 0. The zero-order chi connectivity index (χ0) is 17.3. The van der Waals surface area contributed by atoms with Crippen LogP contribution < -0.4 is 0 Å². The predicted octanol–water partition coefficient (Wildman–Crippen LogP) is 2.78. The first-order valence-corrected chi connectivity index (χ1v) is 11.0. The number of piperazine rings is 1. The first kappa shape index (κ1) is 17.9. The van der Waals surface area contributed by atoms with E-state index in [9.17, 15) is 13.2 Å². The molecule has 2 fully saturated rings. The number of sulfonamides is 1. The van der Waals surface area contributed by atoms with Crippen molar-refractivity contribution in [3.05, 3.63) is 15.8 Å². The molecule has 1 aliphatic carbocycles. The third-order valence-corrected chi connectivity index (χ3v) is 8.24. The minimum Gasteiger partial charge on any atom is -0.340 e. The van der Waals surface area contributed by atoms with Crippen molar-refractivity contribution in [1.82, 2.24) is 9.21 Å². The van der Waals surface area contributed by atoms with Gasteiger partial charge >= 0.3 is 0 Å². The second-order valence-electron chi connectivity index (χ2n) is 6.84. The molecule has 1 aromatic heterocycles. The molecule has 1 aromatic rings. The number of rotatable bonds is 3. The highest BCUT2D eigenvalue weighted by Crippen LogP contribution is 2.29. The number of thiophene rings is 1. The van der Waals surface area contributed by atoms with Crippen molar-refractivity contribution in [2.24, 2.45) is 5.92 Å². The normalized spacial score (nSPS) is 21.2. The molecule has 0 aromatic carbocycles. The van der Waals surface area contributed by atoms with Crippen LogP contribution in [-0.4, -0.2) is 49.7 Å². The van der Waals surface area contributed by atoms with Crippen LogP contribution in [0.5, 0.6) is 0 Å². The molecule has 3 rings (SSSR count). The van der Waals surface area contributed by atoms with Crippen molar-refractivity contribution in [2.45, 2.75) is 50.8 Å². The van der Waals surface area contributed by atoms with Gasteiger partial charge in [-0.25, -0.2) is 8.42 Å². The summed E-state index contributed by atoms with van der Waals surface area (Å²) in [4.78, 5) is 16.7. The molecule has 0 spiro atoms. The van der Waals surface area contributed by atoms with Crippen LogP contribution in [-0.2, 0) is 14.8 Å². The van der Waals surface area contributed by atoms with Gasteiger partial charge < -0.3 is 4.90 Å². The molecule has 24 heavy (non-hydrogen) atoms. The number of carbonyl (C=O) groups excluding carboxylic acids is 1. The monoisotopic (exact) mass is 370 g/mol. The Morgan fingerprint density at radius 1 is 1.08 bits per heavy atom. The van der Waals surface area contributed by atoms with E-state index in [1.165, 1.54) is 22.1 Å². The van der Waals surface area contributed by atoms with Gasteiger partial charge in [0, 0.05) is 41.9 Å². The van der Waals surface area contributed by atoms with Crippen molar-refractivity contribution in [1.29, 1.82) is 0 Å². The fourth-order valence-electron chi connectivity index (χ4n) is 3.76. The van der Waals surface area contributed by atoms with Gasteiger partial charge in [0.15, 0.2) is 0 Å². The van der Waals surface area contributed by atoms with Gasteiger partial charge in [0.25, 0.3) is 0 Å². The van der Waals surface area contributed by atoms with Crippen molar-refractivity contribution < 1.29 is 13.2 Å². The molecule has 1 amide bonds. The van der Waals surface area contributed by atoms with Gasteiger partial charge in [-0.05, 0) is 32.8 Å². The molecule has 7 heteroatoms. The maximum atomic E-state index is 12.8. The summed E-state index contributed by atoms with van der Waals surface area (Å²) >= 11 is 1.51. The van der Waals surface area contributed by atoms with Crippen LogP contribution in [0.25, 0.3) is 0 Å². The SMILES string of the molecule is Cc1cc(S(=O)(=O)N2CCN(C(=O)C3CCCCC3)CC2)c(C)s1. The summed E-state index contributed by atoms with van der Waals surface area (Å²) in [6.07, 6.45) is 5.49. The number of carbonyl (C=O) groups is 1. The van der Waals surface area contributed by atoms with Crippen LogP contribution in [0.1, 0.15) is 41.9 Å². The molecule has 1 aliphatic heterocycles. The predicted molar refractivity (Wildman–Crippen MR) is 95.7 cm³/mol. The summed E-state index contributed by atoms with van der Waals surface area (Å²) < 4.78 is 27.2. The third kappa shape index (κ3) is 3.53. The van der Waals surface area contributed by atoms with Crippen LogP contribution >= 0.6 is 11.3 Å². The highest BCUT2D eigenvalue weighted by atomic mass is 32.2. The quantitative estimate of drug-likeness (QED) is 0.822. The first-order chi connectivity index (χ1) is 11.4. The summed E-state index contributed by atoms with van der Waals surface area (Å²) in [5.74, 6) is 0.387. The minimum absolute atomic E-state index is 0.156. The van der Waals surface area contributed by atoms with Gasteiger partial charge in [-0.2, -0.15) is 4.31 Å². The topological polar surface area (TPSA) is 57.7 Å². The molecule has 1 saturated carbocycles. The number of hydrogen-bond acceptors (Lipinski definition) is 4. The lowest BCUT2D eigenvalue weighted by Crippen LogP contribution is -2.52. The van der Waals surface area contributed by atoms with E-state index >= 15 is 0 Å². The molecule has 134 valence electrons. The Balaban J connectivity index is 1.64. The Bertz CT molecular complexity index is 697. The second-order valence-corrected chi connectivity index (χ2v) is 10.2. The van der Waals surface area contributed by atoms with E-state index in [4.69, 9.17) is 0 Å². The van der Waals surface area contributed by atoms with E-state index < -0.39 is 10.0 Å². The molecule has 0 unspecified atom stereocenters. The summed E-state index contributed by atoms with van der Waals surface area (Å²) in [7, 11) is -3.44. The van der Waals surface area contributed by atoms with E-state index in [-0.39, 0.29) is 11.8 Å². The summed E-state index contributed by atoms with van der Waals surface area (Å²) in [5.41, 5.74) is 0. The highest BCUT2D eigenvalue weighted by Gasteiger charge is 2.33. The average Bonchev–Trinajstić information content (AvgIpc) is 2.94. The van der Waals surface area contributed by atoms with Gasteiger partial charge in [0.1, 0.15) is 0 Å². The lowest BCUT2D eigenvalue weighted by Gasteiger charge is -2.36. The number of amides is 1. The Morgan fingerprint density at radius 2 is 1.71 bits per heavy atom. The Kier molecular flexibility index (Phi) is 5.32. The van der Waals surface area contributed by atoms with Crippen LogP contribution in [0.2, 0.25) is 0 Å². The molecule has 0 atom stereocenters. The first-order valence-electron chi connectivity index (χ1n) is 8.75. The van der Waals surface area contributed by atoms with Gasteiger partial charge in [0.05, 0.1) is 4.90 Å². The average molecular weight is 371 g/mol. The van der Waals surface area contributed by atoms with E-state index in [1.54, 1.807) is 6.07 Å². The van der Waals surface area contributed by atoms with Gasteiger partial charge in [0.2, 0.25) is 15.9 Å². The molecule has 1 saturated heterocycles. The van der Waals surface area contributed by atoms with E-state index in [2.05, 4.69) is 0 Å². The van der Waals surface area contributed by atoms with Crippen LogP contribution in [0.4, 0.5) is 0 Å².